The second kappa shape index (κ2) is 9.09. The molecule has 0 radical (unpaired) electrons. The van der Waals surface area contributed by atoms with Gasteiger partial charge in [-0.05, 0) is 33.7 Å². The standard InChI is InChI=1S/C19H34N6O3/c1-13(2)21-19(28)22-14-10-16-18(27)20-11-15(25(16)12-14)4-5-17(26)24-8-6-23(3)7-9-24/h13-16H,4-12H2,1-3H3,(H,20,27)(H2,21,22,28). The largest absolute Gasteiger partial charge is 0.353 e. The average Bonchev–Trinajstić information content (AvgIpc) is 3.05. The Morgan fingerprint density at radius 3 is 2.61 bits per heavy atom. The second-order valence-electron chi connectivity index (χ2n) is 8.54. The van der Waals surface area contributed by atoms with Gasteiger partial charge in [0.05, 0.1) is 6.04 Å². The number of nitrogens with zero attached hydrogens (tertiary/aromatic N) is 3. The summed E-state index contributed by atoms with van der Waals surface area (Å²) in [6, 6.07) is -0.257. The summed E-state index contributed by atoms with van der Waals surface area (Å²) in [6.45, 7) is 8.47. The fourth-order valence-corrected chi connectivity index (χ4v) is 4.34. The zero-order chi connectivity index (χ0) is 20.3. The Balaban J connectivity index is 1.51. The number of amides is 4. The van der Waals surface area contributed by atoms with Crippen molar-refractivity contribution in [2.24, 2.45) is 0 Å². The first-order valence-electron chi connectivity index (χ1n) is 10.4. The second-order valence-corrected chi connectivity index (χ2v) is 8.54. The molecule has 0 aliphatic carbocycles. The molecule has 0 aromatic carbocycles. The van der Waals surface area contributed by atoms with Crippen LogP contribution >= 0.6 is 0 Å². The quantitative estimate of drug-likeness (QED) is 0.567. The van der Waals surface area contributed by atoms with Crippen molar-refractivity contribution < 1.29 is 14.4 Å². The molecule has 28 heavy (non-hydrogen) atoms. The molecule has 3 aliphatic heterocycles. The number of likely N-dealkylation sites (N-methyl/N-ethyl adjacent to an activating group) is 1. The summed E-state index contributed by atoms with van der Waals surface area (Å²) in [5, 5.41) is 8.79. The van der Waals surface area contributed by atoms with Crippen molar-refractivity contribution in [1.82, 2.24) is 30.7 Å². The Morgan fingerprint density at radius 1 is 1.21 bits per heavy atom. The van der Waals surface area contributed by atoms with Crippen LogP contribution < -0.4 is 16.0 Å². The molecule has 3 rings (SSSR count). The maximum absolute atomic E-state index is 12.6. The number of hydrogen-bond donors (Lipinski definition) is 3. The number of urea groups is 1. The van der Waals surface area contributed by atoms with Crippen LogP contribution in [-0.2, 0) is 9.59 Å². The number of fused-ring (bicyclic) bond motifs is 1. The van der Waals surface area contributed by atoms with E-state index in [9.17, 15) is 14.4 Å². The molecule has 0 aromatic heterocycles. The van der Waals surface area contributed by atoms with Crippen molar-refractivity contribution >= 4 is 17.8 Å². The van der Waals surface area contributed by atoms with Crippen LogP contribution in [0.4, 0.5) is 4.79 Å². The Kier molecular flexibility index (Phi) is 6.77. The SMILES string of the molecule is CC(C)NC(=O)NC1CC2C(=O)NCC(CCC(=O)N3CCN(C)CC3)N2C1. The molecule has 9 nitrogen and oxygen atoms in total. The highest BCUT2D eigenvalue weighted by molar-refractivity contribution is 5.83. The van der Waals surface area contributed by atoms with E-state index in [2.05, 4.69) is 32.8 Å². The van der Waals surface area contributed by atoms with Gasteiger partial charge >= 0.3 is 6.03 Å². The monoisotopic (exact) mass is 394 g/mol. The molecule has 0 spiro atoms. The lowest BCUT2D eigenvalue weighted by Gasteiger charge is -2.38. The Bertz CT molecular complexity index is 590. The van der Waals surface area contributed by atoms with E-state index in [1.165, 1.54) is 0 Å². The highest BCUT2D eigenvalue weighted by Crippen LogP contribution is 2.26. The van der Waals surface area contributed by atoms with Crippen LogP contribution in [0.2, 0.25) is 0 Å². The maximum atomic E-state index is 12.6. The molecule has 3 aliphatic rings. The third-order valence-electron chi connectivity index (χ3n) is 5.93. The lowest BCUT2D eigenvalue weighted by molar-refractivity contribution is -0.133. The van der Waals surface area contributed by atoms with Crippen LogP contribution in [0.5, 0.6) is 0 Å². The predicted octanol–water partition coefficient (Wildman–Crippen LogP) is -0.810. The van der Waals surface area contributed by atoms with Crippen molar-refractivity contribution in [2.75, 3.05) is 46.3 Å². The van der Waals surface area contributed by atoms with Crippen molar-refractivity contribution in [1.29, 1.82) is 0 Å². The van der Waals surface area contributed by atoms with Crippen LogP contribution in [-0.4, -0.2) is 103 Å². The minimum Gasteiger partial charge on any atom is -0.353 e. The van der Waals surface area contributed by atoms with Gasteiger partial charge in [-0.2, -0.15) is 0 Å². The third kappa shape index (κ3) is 5.14. The minimum atomic E-state index is -0.221. The molecule has 4 amide bonds. The molecule has 0 saturated carbocycles. The molecular weight excluding hydrogens is 360 g/mol. The van der Waals surface area contributed by atoms with E-state index in [4.69, 9.17) is 0 Å². The van der Waals surface area contributed by atoms with E-state index in [1.807, 2.05) is 18.7 Å². The number of carbonyl (C=O) groups excluding carboxylic acids is 3. The fourth-order valence-electron chi connectivity index (χ4n) is 4.34. The van der Waals surface area contributed by atoms with Gasteiger partial charge < -0.3 is 25.8 Å². The summed E-state index contributed by atoms with van der Waals surface area (Å²) < 4.78 is 0. The molecule has 0 bridgehead atoms. The average molecular weight is 395 g/mol. The van der Waals surface area contributed by atoms with Gasteiger partial charge in [0, 0.05) is 63.8 Å². The van der Waals surface area contributed by atoms with Gasteiger partial charge in [-0.1, -0.05) is 0 Å². The summed E-state index contributed by atoms with van der Waals surface area (Å²) in [4.78, 5) is 43.2. The van der Waals surface area contributed by atoms with E-state index in [-0.39, 0.29) is 42.0 Å². The van der Waals surface area contributed by atoms with Gasteiger partial charge in [-0.15, -0.1) is 0 Å². The van der Waals surface area contributed by atoms with E-state index >= 15 is 0 Å². The van der Waals surface area contributed by atoms with E-state index in [0.29, 0.717) is 25.9 Å². The summed E-state index contributed by atoms with van der Waals surface area (Å²) in [5.74, 6) is 0.224. The molecule has 3 N–H and O–H groups in total. The topological polar surface area (TPSA) is 97.0 Å². The van der Waals surface area contributed by atoms with Crippen LogP contribution in [0.1, 0.15) is 33.1 Å². The summed E-state index contributed by atoms with van der Waals surface area (Å²) in [6.07, 6.45) is 1.84. The number of carbonyl (C=O) groups is 3. The Morgan fingerprint density at radius 2 is 1.93 bits per heavy atom. The minimum absolute atomic E-state index is 0.0233. The van der Waals surface area contributed by atoms with Gasteiger partial charge in [0.2, 0.25) is 11.8 Å². The van der Waals surface area contributed by atoms with Crippen molar-refractivity contribution in [3.8, 4) is 0 Å². The molecule has 3 heterocycles. The Hall–Kier alpha value is -1.87. The summed E-state index contributed by atoms with van der Waals surface area (Å²) in [7, 11) is 2.08. The molecule has 158 valence electrons. The van der Waals surface area contributed by atoms with E-state index in [1.54, 1.807) is 0 Å². The Labute approximate surface area is 167 Å². The fraction of sp³-hybridized carbons (Fsp3) is 0.842. The number of nitrogens with one attached hydrogen (secondary N) is 3. The molecule has 3 fully saturated rings. The van der Waals surface area contributed by atoms with Crippen molar-refractivity contribution in [2.45, 2.75) is 57.3 Å². The van der Waals surface area contributed by atoms with Gasteiger partial charge in [0.1, 0.15) is 0 Å². The molecule has 9 heteroatoms. The normalized spacial score (nSPS) is 28.8. The van der Waals surface area contributed by atoms with Crippen LogP contribution in [0.25, 0.3) is 0 Å². The first-order valence-corrected chi connectivity index (χ1v) is 10.4. The third-order valence-corrected chi connectivity index (χ3v) is 5.93. The maximum Gasteiger partial charge on any atom is 0.315 e. The van der Waals surface area contributed by atoms with Crippen LogP contribution in [0, 0.1) is 0 Å². The molecular formula is C19H34N6O3. The molecule has 3 unspecified atom stereocenters. The van der Waals surface area contributed by atoms with Crippen LogP contribution in [0.3, 0.4) is 0 Å². The highest BCUT2D eigenvalue weighted by atomic mass is 16.2. The van der Waals surface area contributed by atoms with Crippen molar-refractivity contribution in [3.63, 3.8) is 0 Å². The van der Waals surface area contributed by atoms with Gasteiger partial charge in [-0.25, -0.2) is 4.79 Å². The van der Waals surface area contributed by atoms with Gasteiger partial charge in [-0.3, -0.25) is 14.5 Å². The molecule has 3 atom stereocenters. The van der Waals surface area contributed by atoms with E-state index < -0.39 is 0 Å². The van der Waals surface area contributed by atoms with Crippen molar-refractivity contribution in [3.05, 3.63) is 0 Å². The number of rotatable bonds is 5. The molecule has 0 aromatic rings. The zero-order valence-electron chi connectivity index (χ0n) is 17.2. The lowest BCUT2D eigenvalue weighted by atomic mass is 10.0. The smallest absolute Gasteiger partial charge is 0.315 e. The van der Waals surface area contributed by atoms with Gasteiger partial charge in [0.15, 0.2) is 0 Å². The predicted molar refractivity (Wildman–Crippen MR) is 106 cm³/mol. The van der Waals surface area contributed by atoms with Gasteiger partial charge in [0.25, 0.3) is 0 Å². The highest BCUT2D eigenvalue weighted by Gasteiger charge is 2.43. The lowest BCUT2D eigenvalue weighted by Crippen LogP contribution is -2.58. The molecule has 3 saturated heterocycles. The summed E-state index contributed by atoms with van der Waals surface area (Å²) in [5.41, 5.74) is 0. The number of hydrogen-bond acceptors (Lipinski definition) is 5. The first kappa shape index (κ1) is 20.9. The van der Waals surface area contributed by atoms with E-state index in [0.717, 1.165) is 32.6 Å². The zero-order valence-corrected chi connectivity index (χ0v) is 17.2. The first-order chi connectivity index (χ1) is 13.3. The van der Waals surface area contributed by atoms with Crippen LogP contribution in [0.15, 0.2) is 0 Å². The number of piperazine rings is 2. The summed E-state index contributed by atoms with van der Waals surface area (Å²) >= 11 is 0.